The third-order valence-electron chi connectivity index (χ3n) is 3.84. The molecule has 0 aliphatic carbocycles. The number of likely N-dealkylation sites (tertiary alicyclic amines) is 1. The zero-order valence-electron chi connectivity index (χ0n) is 13.3. The molecule has 1 amide bonds. The lowest BCUT2D eigenvalue weighted by atomic mass is 9.88. The minimum absolute atomic E-state index is 0.342. The number of rotatable bonds is 3. The molecule has 1 N–H and O–H groups in total. The topological polar surface area (TPSA) is 66.8 Å². The molecular weight excluding hydrogens is 282 g/mol. The molecule has 1 aromatic carbocycles. The van der Waals surface area contributed by atoms with Crippen molar-refractivity contribution in [2.75, 3.05) is 6.54 Å². The highest BCUT2D eigenvalue weighted by Gasteiger charge is 2.52. The lowest BCUT2D eigenvalue weighted by Crippen LogP contribution is -2.56. The van der Waals surface area contributed by atoms with Gasteiger partial charge in [-0.2, -0.15) is 0 Å². The van der Waals surface area contributed by atoms with Gasteiger partial charge in [0.05, 0.1) is 0 Å². The van der Waals surface area contributed by atoms with Crippen LogP contribution in [0.4, 0.5) is 4.79 Å². The van der Waals surface area contributed by atoms with E-state index in [0.29, 0.717) is 25.8 Å². The number of hydrogen-bond acceptors (Lipinski definition) is 3. The molecule has 0 bridgehead atoms. The van der Waals surface area contributed by atoms with Gasteiger partial charge in [-0.15, -0.1) is 0 Å². The van der Waals surface area contributed by atoms with Gasteiger partial charge in [-0.05, 0) is 39.2 Å². The van der Waals surface area contributed by atoms with Crippen molar-refractivity contribution >= 4 is 12.1 Å². The van der Waals surface area contributed by atoms with Gasteiger partial charge in [0.15, 0.2) is 0 Å². The molecule has 22 heavy (non-hydrogen) atoms. The van der Waals surface area contributed by atoms with E-state index in [-0.39, 0.29) is 0 Å². The molecule has 0 saturated carbocycles. The van der Waals surface area contributed by atoms with Crippen molar-refractivity contribution in [2.24, 2.45) is 0 Å². The summed E-state index contributed by atoms with van der Waals surface area (Å²) in [6.07, 6.45) is 0.426. The van der Waals surface area contributed by atoms with Crippen molar-refractivity contribution < 1.29 is 19.4 Å². The quantitative estimate of drug-likeness (QED) is 0.871. The predicted molar refractivity (Wildman–Crippen MR) is 82.7 cm³/mol. The minimum Gasteiger partial charge on any atom is -0.465 e. The number of carboxylic acid groups (broad SMARTS) is 1. The Bertz CT molecular complexity index is 550. The number of amides is 1. The molecular formula is C17H23NO4. The Kier molecular flexibility index (Phi) is 4.44. The van der Waals surface area contributed by atoms with Crippen molar-refractivity contribution in [1.29, 1.82) is 0 Å². The number of nitrogens with zero attached hydrogens (tertiary/aromatic N) is 1. The molecule has 1 heterocycles. The van der Waals surface area contributed by atoms with E-state index in [2.05, 4.69) is 0 Å². The highest BCUT2D eigenvalue weighted by Crippen LogP contribution is 2.35. The number of carbonyl (C=O) groups is 2. The Hall–Kier alpha value is -2.04. The molecule has 0 radical (unpaired) electrons. The maximum absolute atomic E-state index is 12.8. The Morgan fingerprint density at radius 3 is 2.45 bits per heavy atom. The van der Waals surface area contributed by atoms with Crippen LogP contribution < -0.4 is 0 Å². The summed E-state index contributed by atoms with van der Waals surface area (Å²) in [5.41, 5.74) is -0.838. The normalized spacial score (nSPS) is 21.7. The van der Waals surface area contributed by atoms with Crippen molar-refractivity contribution in [3.63, 3.8) is 0 Å². The van der Waals surface area contributed by atoms with Crippen LogP contribution in [-0.4, -0.2) is 39.8 Å². The van der Waals surface area contributed by atoms with Crippen LogP contribution in [0.25, 0.3) is 0 Å². The Morgan fingerprint density at radius 2 is 1.91 bits per heavy atom. The third-order valence-corrected chi connectivity index (χ3v) is 3.84. The number of carbonyl (C=O) groups excluding carboxylic acids is 1. The van der Waals surface area contributed by atoms with Crippen molar-refractivity contribution in [1.82, 2.24) is 4.90 Å². The predicted octanol–water partition coefficient (Wildman–Crippen LogP) is 3.08. The third kappa shape index (κ3) is 3.40. The molecule has 0 aromatic heterocycles. The zero-order chi connectivity index (χ0) is 16.4. The lowest BCUT2D eigenvalue weighted by Gasteiger charge is -2.37. The van der Waals surface area contributed by atoms with Gasteiger partial charge in [0.2, 0.25) is 0 Å². The van der Waals surface area contributed by atoms with Gasteiger partial charge in [-0.3, -0.25) is 4.90 Å². The molecule has 0 spiro atoms. The smallest absolute Gasteiger partial charge is 0.408 e. The van der Waals surface area contributed by atoms with Gasteiger partial charge in [0.1, 0.15) is 11.1 Å². The SMILES string of the molecule is CC(C)(C)OC(=O)C1(Cc2ccccc2)CCCN1C(=O)O. The highest BCUT2D eigenvalue weighted by atomic mass is 16.6. The van der Waals surface area contributed by atoms with E-state index < -0.39 is 23.2 Å². The largest absolute Gasteiger partial charge is 0.465 e. The molecule has 1 aliphatic rings. The average molecular weight is 305 g/mol. The molecule has 1 saturated heterocycles. The van der Waals surface area contributed by atoms with Crippen LogP contribution in [-0.2, 0) is 16.0 Å². The van der Waals surface area contributed by atoms with E-state index in [9.17, 15) is 14.7 Å². The van der Waals surface area contributed by atoms with Crippen molar-refractivity contribution in [2.45, 2.75) is 51.2 Å². The molecule has 1 aromatic rings. The van der Waals surface area contributed by atoms with Gasteiger partial charge in [-0.1, -0.05) is 30.3 Å². The first-order valence-corrected chi connectivity index (χ1v) is 7.52. The van der Waals surface area contributed by atoms with Crippen LogP contribution >= 0.6 is 0 Å². The first-order chi connectivity index (χ1) is 10.2. The van der Waals surface area contributed by atoms with Crippen LogP contribution in [0, 0.1) is 0 Å². The van der Waals surface area contributed by atoms with Crippen molar-refractivity contribution in [3.8, 4) is 0 Å². The van der Waals surface area contributed by atoms with Crippen molar-refractivity contribution in [3.05, 3.63) is 35.9 Å². The van der Waals surface area contributed by atoms with Crippen LogP contribution in [0.1, 0.15) is 39.2 Å². The summed E-state index contributed by atoms with van der Waals surface area (Å²) in [4.78, 5) is 25.6. The Balaban J connectivity index is 2.36. The molecule has 1 aliphatic heterocycles. The maximum atomic E-state index is 12.8. The van der Waals surface area contributed by atoms with E-state index >= 15 is 0 Å². The molecule has 5 nitrogen and oxygen atoms in total. The number of esters is 1. The lowest BCUT2D eigenvalue weighted by molar-refractivity contribution is -0.167. The molecule has 1 unspecified atom stereocenters. The van der Waals surface area contributed by atoms with Crippen LogP contribution in [0.3, 0.4) is 0 Å². The highest BCUT2D eigenvalue weighted by molar-refractivity contribution is 5.86. The van der Waals surface area contributed by atoms with Crippen LogP contribution in [0.2, 0.25) is 0 Å². The number of benzene rings is 1. The first kappa shape index (κ1) is 16.3. The fourth-order valence-electron chi connectivity index (χ4n) is 2.93. The fourth-order valence-corrected chi connectivity index (χ4v) is 2.93. The van der Waals surface area contributed by atoms with E-state index in [0.717, 1.165) is 5.56 Å². The van der Waals surface area contributed by atoms with Gasteiger partial charge in [0.25, 0.3) is 0 Å². The van der Waals surface area contributed by atoms with Crippen LogP contribution in [0.5, 0.6) is 0 Å². The summed E-state index contributed by atoms with van der Waals surface area (Å²) >= 11 is 0. The summed E-state index contributed by atoms with van der Waals surface area (Å²) in [5.74, 6) is -0.455. The summed E-state index contributed by atoms with van der Waals surface area (Å²) in [6, 6.07) is 9.48. The van der Waals surface area contributed by atoms with Crippen LogP contribution in [0.15, 0.2) is 30.3 Å². The second-order valence-corrected chi connectivity index (χ2v) is 6.73. The molecule has 120 valence electrons. The Morgan fingerprint density at radius 1 is 1.27 bits per heavy atom. The fraction of sp³-hybridized carbons (Fsp3) is 0.529. The second kappa shape index (κ2) is 5.99. The summed E-state index contributed by atoms with van der Waals surface area (Å²) in [5, 5.41) is 9.49. The van der Waals surface area contributed by atoms with E-state index in [1.54, 1.807) is 20.8 Å². The van der Waals surface area contributed by atoms with E-state index in [1.807, 2.05) is 30.3 Å². The summed E-state index contributed by atoms with van der Waals surface area (Å²) in [7, 11) is 0. The molecule has 2 rings (SSSR count). The van der Waals surface area contributed by atoms with Gasteiger partial charge >= 0.3 is 12.1 Å². The number of ether oxygens (including phenoxy) is 1. The van der Waals surface area contributed by atoms with Gasteiger partial charge in [-0.25, -0.2) is 9.59 Å². The second-order valence-electron chi connectivity index (χ2n) is 6.73. The van der Waals surface area contributed by atoms with E-state index in [4.69, 9.17) is 4.74 Å². The molecule has 1 atom stereocenters. The van der Waals surface area contributed by atoms with Gasteiger partial charge in [0, 0.05) is 13.0 Å². The summed E-state index contributed by atoms with van der Waals surface area (Å²) in [6.45, 7) is 5.74. The summed E-state index contributed by atoms with van der Waals surface area (Å²) < 4.78 is 5.53. The maximum Gasteiger partial charge on any atom is 0.408 e. The average Bonchev–Trinajstić information content (AvgIpc) is 2.83. The number of hydrogen-bond donors (Lipinski definition) is 1. The standard InChI is InChI=1S/C17H23NO4/c1-16(2,3)22-14(19)17(10-7-11-18(17)15(20)21)12-13-8-5-4-6-9-13/h4-6,8-9H,7,10-12H2,1-3H3,(H,20,21). The Labute approximate surface area is 130 Å². The van der Waals surface area contributed by atoms with E-state index in [1.165, 1.54) is 4.90 Å². The monoisotopic (exact) mass is 305 g/mol. The first-order valence-electron chi connectivity index (χ1n) is 7.52. The zero-order valence-corrected chi connectivity index (χ0v) is 13.3. The minimum atomic E-state index is -1.12. The molecule has 1 fully saturated rings. The van der Waals surface area contributed by atoms with Gasteiger partial charge < -0.3 is 9.84 Å². The molecule has 5 heteroatoms.